The topological polar surface area (TPSA) is 104 Å². The van der Waals surface area contributed by atoms with Gasteiger partial charge in [-0.2, -0.15) is 5.10 Å². The first kappa shape index (κ1) is 16.5. The van der Waals surface area contributed by atoms with Gasteiger partial charge in [0.2, 0.25) is 0 Å². The predicted octanol–water partition coefficient (Wildman–Crippen LogP) is 1.92. The smallest absolute Gasteiger partial charge is 0.326 e. The van der Waals surface area contributed by atoms with Gasteiger partial charge in [0, 0.05) is 5.56 Å². The lowest BCUT2D eigenvalue weighted by Crippen LogP contribution is -2.44. The number of hydrogen-bond acceptors (Lipinski definition) is 4. The first-order valence-electron chi connectivity index (χ1n) is 7.16. The van der Waals surface area contributed by atoms with Crippen LogP contribution in [0.25, 0.3) is 11.3 Å². The molecule has 1 atom stereocenters. The molecular formula is C16H19N3O4. The molecule has 122 valence electrons. The van der Waals surface area contributed by atoms with Gasteiger partial charge >= 0.3 is 5.97 Å². The lowest BCUT2D eigenvalue weighted by atomic mass is 10.0. The minimum absolute atomic E-state index is 0.211. The van der Waals surface area contributed by atoms with Crippen molar-refractivity contribution >= 4 is 11.9 Å². The Balaban J connectivity index is 2.14. The van der Waals surface area contributed by atoms with Gasteiger partial charge in [0.05, 0.1) is 12.8 Å². The van der Waals surface area contributed by atoms with E-state index in [-0.39, 0.29) is 11.6 Å². The van der Waals surface area contributed by atoms with Crippen LogP contribution in [0.15, 0.2) is 30.3 Å². The average molecular weight is 317 g/mol. The minimum Gasteiger partial charge on any atom is -0.497 e. The SMILES string of the molecule is COc1ccc(-c2cc(C(=O)N[C@H](C(=O)O)C(C)C)[nH]n2)cc1. The van der Waals surface area contributed by atoms with Gasteiger partial charge < -0.3 is 15.2 Å². The molecule has 0 bridgehead atoms. The Labute approximate surface area is 133 Å². The van der Waals surface area contributed by atoms with E-state index < -0.39 is 17.9 Å². The molecule has 7 heteroatoms. The Morgan fingerprint density at radius 1 is 1.26 bits per heavy atom. The Bertz CT molecular complexity index is 692. The highest BCUT2D eigenvalue weighted by Gasteiger charge is 2.24. The van der Waals surface area contributed by atoms with Gasteiger partial charge in [-0.1, -0.05) is 13.8 Å². The summed E-state index contributed by atoms with van der Waals surface area (Å²) in [5, 5.41) is 18.3. The van der Waals surface area contributed by atoms with E-state index in [2.05, 4.69) is 15.5 Å². The fraction of sp³-hybridized carbons (Fsp3) is 0.312. The van der Waals surface area contributed by atoms with Crippen molar-refractivity contribution in [1.82, 2.24) is 15.5 Å². The first-order valence-corrected chi connectivity index (χ1v) is 7.16. The number of aliphatic carboxylic acids is 1. The Kier molecular flexibility index (Phi) is 5.00. The van der Waals surface area contributed by atoms with Crippen molar-refractivity contribution in [2.45, 2.75) is 19.9 Å². The number of carbonyl (C=O) groups excluding carboxylic acids is 1. The van der Waals surface area contributed by atoms with E-state index in [0.29, 0.717) is 5.69 Å². The van der Waals surface area contributed by atoms with Gasteiger partial charge in [0.25, 0.3) is 5.91 Å². The van der Waals surface area contributed by atoms with Crippen LogP contribution in [-0.4, -0.2) is 40.3 Å². The molecule has 7 nitrogen and oxygen atoms in total. The molecule has 23 heavy (non-hydrogen) atoms. The van der Waals surface area contributed by atoms with Crippen molar-refractivity contribution in [2.75, 3.05) is 7.11 Å². The standard InChI is InChI=1S/C16H19N3O4/c1-9(2)14(16(21)22)17-15(20)13-8-12(18-19-13)10-4-6-11(23-3)7-5-10/h4-9,14H,1-3H3,(H,17,20)(H,18,19)(H,21,22)/t14-/m0/s1. The lowest BCUT2D eigenvalue weighted by Gasteiger charge is -2.17. The van der Waals surface area contributed by atoms with Crippen LogP contribution in [0.4, 0.5) is 0 Å². The number of methoxy groups -OCH3 is 1. The third-order valence-electron chi connectivity index (χ3n) is 3.43. The van der Waals surface area contributed by atoms with Crippen LogP contribution in [0, 0.1) is 5.92 Å². The summed E-state index contributed by atoms with van der Waals surface area (Å²) in [7, 11) is 1.58. The van der Waals surface area contributed by atoms with E-state index in [1.165, 1.54) is 0 Å². The fourth-order valence-electron chi connectivity index (χ4n) is 2.08. The molecule has 2 aromatic rings. The van der Waals surface area contributed by atoms with Crippen LogP contribution in [0.2, 0.25) is 0 Å². The molecule has 0 unspecified atom stereocenters. The molecule has 0 radical (unpaired) electrons. The molecule has 1 aromatic carbocycles. The molecule has 2 rings (SSSR count). The number of carbonyl (C=O) groups is 2. The molecule has 0 spiro atoms. The molecular weight excluding hydrogens is 298 g/mol. The van der Waals surface area contributed by atoms with E-state index in [4.69, 9.17) is 9.84 Å². The van der Waals surface area contributed by atoms with E-state index >= 15 is 0 Å². The number of rotatable bonds is 6. The highest BCUT2D eigenvalue weighted by Crippen LogP contribution is 2.21. The quantitative estimate of drug-likeness (QED) is 0.755. The van der Waals surface area contributed by atoms with Crippen molar-refractivity contribution in [1.29, 1.82) is 0 Å². The predicted molar refractivity (Wildman–Crippen MR) is 84.3 cm³/mol. The molecule has 0 aliphatic heterocycles. The summed E-state index contributed by atoms with van der Waals surface area (Å²) in [6, 6.07) is 7.87. The number of aromatic amines is 1. The zero-order valence-electron chi connectivity index (χ0n) is 13.2. The van der Waals surface area contributed by atoms with Crippen molar-refractivity contribution in [3.8, 4) is 17.0 Å². The maximum atomic E-state index is 12.1. The summed E-state index contributed by atoms with van der Waals surface area (Å²) < 4.78 is 5.09. The molecule has 1 amide bonds. The van der Waals surface area contributed by atoms with Gasteiger partial charge in [0.1, 0.15) is 17.5 Å². The Hall–Kier alpha value is -2.83. The van der Waals surface area contributed by atoms with Crippen molar-refractivity contribution in [3.63, 3.8) is 0 Å². The van der Waals surface area contributed by atoms with E-state index in [9.17, 15) is 9.59 Å². The molecule has 3 N–H and O–H groups in total. The van der Waals surface area contributed by atoms with Crippen LogP contribution >= 0.6 is 0 Å². The number of amides is 1. The number of benzene rings is 1. The second-order valence-corrected chi connectivity index (χ2v) is 5.43. The summed E-state index contributed by atoms with van der Waals surface area (Å²) in [6.45, 7) is 3.46. The maximum absolute atomic E-state index is 12.1. The van der Waals surface area contributed by atoms with Crippen molar-refractivity contribution in [2.24, 2.45) is 5.92 Å². The van der Waals surface area contributed by atoms with E-state index in [1.807, 2.05) is 12.1 Å². The molecule has 0 saturated heterocycles. The lowest BCUT2D eigenvalue weighted by molar-refractivity contribution is -0.140. The molecule has 0 fully saturated rings. The molecule has 0 aliphatic rings. The van der Waals surface area contributed by atoms with Gasteiger partial charge in [-0.05, 0) is 36.2 Å². The molecule has 0 saturated carbocycles. The highest BCUT2D eigenvalue weighted by molar-refractivity contribution is 5.95. The summed E-state index contributed by atoms with van der Waals surface area (Å²) in [5.41, 5.74) is 1.62. The van der Waals surface area contributed by atoms with Crippen LogP contribution < -0.4 is 10.1 Å². The van der Waals surface area contributed by atoms with Crippen LogP contribution in [0.5, 0.6) is 5.75 Å². The summed E-state index contributed by atoms with van der Waals surface area (Å²) in [6.07, 6.45) is 0. The summed E-state index contributed by atoms with van der Waals surface area (Å²) in [4.78, 5) is 23.3. The van der Waals surface area contributed by atoms with Gasteiger partial charge in [-0.15, -0.1) is 0 Å². The first-order chi connectivity index (χ1) is 10.9. The van der Waals surface area contributed by atoms with E-state index in [1.54, 1.807) is 39.2 Å². The number of nitrogens with one attached hydrogen (secondary N) is 2. The van der Waals surface area contributed by atoms with Gasteiger partial charge in [-0.3, -0.25) is 9.89 Å². The zero-order valence-corrected chi connectivity index (χ0v) is 13.2. The second-order valence-electron chi connectivity index (χ2n) is 5.43. The average Bonchev–Trinajstić information content (AvgIpc) is 3.01. The van der Waals surface area contributed by atoms with Gasteiger partial charge in [0.15, 0.2) is 0 Å². The van der Waals surface area contributed by atoms with Crippen molar-refractivity contribution in [3.05, 3.63) is 36.0 Å². The van der Waals surface area contributed by atoms with Crippen LogP contribution in [-0.2, 0) is 4.79 Å². The fourth-order valence-corrected chi connectivity index (χ4v) is 2.08. The highest BCUT2D eigenvalue weighted by atomic mass is 16.5. The maximum Gasteiger partial charge on any atom is 0.326 e. The number of nitrogens with zero attached hydrogens (tertiary/aromatic N) is 1. The van der Waals surface area contributed by atoms with Crippen LogP contribution in [0.3, 0.4) is 0 Å². The molecule has 1 aromatic heterocycles. The number of carboxylic acids is 1. The number of H-pyrrole nitrogens is 1. The summed E-state index contributed by atoms with van der Waals surface area (Å²) >= 11 is 0. The number of hydrogen-bond donors (Lipinski definition) is 3. The summed E-state index contributed by atoms with van der Waals surface area (Å²) in [5.74, 6) is -1.06. The minimum atomic E-state index is -1.07. The largest absolute Gasteiger partial charge is 0.497 e. The molecule has 0 aliphatic carbocycles. The Morgan fingerprint density at radius 2 is 1.91 bits per heavy atom. The number of aromatic nitrogens is 2. The van der Waals surface area contributed by atoms with Gasteiger partial charge in [-0.25, -0.2) is 4.79 Å². The third kappa shape index (κ3) is 3.88. The monoisotopic (exact) mass is 317 g/mol. The Morgan fingerprint density at radius 3 is 2.43 bits per heavy atom. The third-order valence-corrected chi connectivity index (χ3v) is 3.43. The second kappa shape index (κ2) is 6.95. The van der Waals surface area contributed by atoms with Crippen molar-refractivity contribution < 1.29 is 19.4 Å². The normalized spacial score (nSPS) is 12.0. The molecule has 1 heterocycles. The van der Waals surface area contributed by atoms with Crippen LogP contribution in [0.1, 0.15) is 24.3 Å². The van der Waals surface area contributed by atoms with E-state index in [0.717, 1.165) is 11.3 Å². The number of ether oxygens (including phenoxy) is 1. The number of carboxylic acid groups (broad SMARTS) is 1. The zero-order chi connectivity index (χ0) is 17.0.